The standard InChI is InChI=1S/C24H28N4O2/c1-16(2)17-6-8-18(9-7-17)23-21(27-12-4-3-5-22(27)25-23)15-26-13-19-10-11-20(14-26)28(19)24(29)30/h3-9,12,16,19-20H,10-11,13-15H2,1-2H3,(H,29,30). The zero-order valence-corrected chi connectivity index (χ0v) is 17.5. The van der Waals surface area contributed by atoms with Gasteiger partial charge >= 0.3 is 6.09 Å². The summed E-state index contributed by atoms with van der Waals surface area (Å²) in [6.45, 7) is 6.75. The van der Waals surface area contributed by atoms with E-state index in [0.29, 0.717) is 5.92 Å². The van der Waals surface area contributed by atoms with Gasteiger partial charge in [-0.2, -0.15) is 0 Å². The topological polar surface area (TPSA) is 61.1 Å². The molecule has 2 atom stereocenters. The number of carboxylic acid groups (broad SMARTS) is 1. The molecule has 6 nitrogen and oxygen atoms in total. The number of piperazine rings is 1. The molecule has 2 aliphatic rings. The Balaban J connectivity index is 1.48. The van der Waals surface area contributed by atoms with Crippen molar-refractivity contribution >= 4 is 11.7 Å². The van der Waals surface area contributed by atoms with Crippen LogP contribution < -0.4 is 0 Å². The Hall–Kier alpha value is -2.86. The Kier molecular flexibility index (Phi) is 4.74. The molecule has 1 amide bonds. The number of likely N-dealkylation sites (tertiary alicyclic amines) is 1. The number of imidazole rings is 1. The van der Waals surface area contributed by atoms with Crippen molar-refractivity contribution in [1.82, 2.24) is 19.2 Å². The Bertz CT molecular complexity index is 1060. The smallest absolute Gasteiger partial charge is 0.407 e. The molecule has 2 aliphatic heterocycles. The van der Waals surface area contributed by atoms with Crippen molar-refractivity contribution in [2.24, 2.45) is 0 Å². The summed E-state index contributed by atoms with van der Waals surface area (Å²) in [4.78, 5) is 20.7. The summed E-state index contributed by atoms with van der Waals surface area (Å²) >= 11 is 0. The lowest BCUT2D eigenvalue weighted by Crippen LogP contribution is -2.55. The third-order valence-corrected chi connectivity index (χ3v) is 6.63. The minimum absolute atomic E-state index is 0.106. The Morgan fingerprint density at radius 3 is 2.43 bits per heavy atom. The molecule has 30 heavy (non-hydrogen) atoms. The van der Waals surface area contributed by atoms with Crippen molar-refractivity contribution in [3.8, 4) is 11.3 Å². The van der Waals surface area contributed by atoms with Gasteiger partial charge in [0.15, 0.2) is 0 Å². The van der Waals surface area contributed by atoms with E-state index in [2.05, 4.69) is 53.6 Å². The predicted octanol–water partition coefficient (Wildman–Crippen LogP) is 4.45. The predicted molar refractivity (Wildman–Crippen MR) is 117 cm³/mol. The van der Waals surface area contributed by atoms with Crippen LogP contribution in [0.4, 0.5) is 4.79 Å². The van der Waals surface area contributed by atoms with E-state index in [4.69, 9.17) is 4.98 Å². The van der Waals surface area contributed by atoms with Crippen LogP contribution in [-0.4, -0.2) is 55.6 Å². The van der Waals surface area contributed by atoms with E-state index in [9.17, 15) is 9.90 Å². The first-order chi connectivity index (χ1) is 14.5. The number of aromatic nitrogens is 2. The van der Waals surface area contributed by atoms with Crippen molar-refractivity contribution in [1.29, 1.82) is 0 Å². The first-order valence-corrected chi connectivity index (χ1v) is 10.8. The van der Waals surface area contributed by atoms with Gasteiger partial charge < -0.3 is 9.51 Å². The van der Waals surface area contributed by atoms with Crippen LogP contribution in [0.3, 0.4) is 0 Å². The minimum atomic E-state index is -0.775. The highest BCUT2D eigenvalue weighted by Crippen LogP contribution is 2.33. The van der Waals surface area contributed by atoms with Gasteiger partial charge in [-0.15, -0.1) is 0 Å². The second-order valence-electron chi connectivity index (χ2n) is 8.88. The van der Waals surface area contributed by atoms with Crippen LogP contribution in [0.1, 0.15) is 43.9 Å². The number of nitrogens with zero attached hydrogens (tertiary/aromatic N) is 4. The second kappa shape index (κ2) is 7.43. The van der Waals surface area contributed by atoms with E-state index in [-0.39, 0.29) is 12.1 Å². The maximum atomic E-state index is 11.6. The largest absolute Gasteiger partial charge is 0.465 e. The highest BCUT2D eigenvalue weighted by Gasteiger charge is 2.42. The SMILES string of the molecule is CC(C)c1ccc(-c2nc3ccccn3c2CN2CC3CCC(C2)N3C(=O)O)cc1. The lowest BCUT2D eigenvalue weighted by molar-refractivity contribution is 0.0586. The summed E-state index contributed by atoms with van der Waals surface area (Å²) in [6, 6.07) is 15.0. The van der Waals surface area contributed by atoms with Crippen LogP contribution in [0.2, 0.25) is 0 Å². The van der Waals surface area contributed by atoms with Gasteiger partial charge in [-0.1, -0.05) is 44.2 Å². The van der Waals surface area contributed by atoms with Crippen LogP contribution in [0.5, 0.6) is 0 Å². The maximum Gasteiger partial charge on any atom is 0.407 e. The van der Waals surface area contributed by atoms with Gasteiger partial charge in [0.1, 0.15) is 5.65 Å². The van der Waals surface area contributed by atoms with Crippen LogP contribution in [0.15, 0.2) is 48.7 Å². The average molecular weight is 405 g/mol. The Morgan fingerprint density at radius 1 is 1.10 bits per heavy atom. The third-order valence-electron chi connectivity index (χ3n) is 6.63. The molecule has 156 valence electrons. The molecule has 1 aromatic carbocycles. The summed E-state index contributed by atoms with van der Waals surface area (Å²) in [5, 5.41) is 9.55. The molecule has 2 unspecified atom stereocenters. The summed E-state index contributed by atoms with van der Waals surface area (Å²) in [7, 11) is 0. The number of hydrogen-bond donors (Lipinski definition) is 1. The fourth-order valence-electron chi connectivity index (χ4n) is 5.10. The lowest BCUT2D eigenvalue weighted by Gasteiger charge is -2.39. The summed E-state index contributed by atoms with van der Waals surface area (Å²) in [6.07, 6.45) is 3.22. The van der Waals surface area contributed by atoms with Gasteiger partial charge in [-0.3, -0.25) is 9.80 Å². The molecule has 2 bridgehead atoms. The van der Waals surface area contributed by atoms with Gasteiger partial charge in [0, 0.05) is 43.5 Å². The number of rotatable bonds is 4. The summed E-state index contributed by atoms with van der Waals surface area (Å²) in [5.41, 5.74) is 5.59. The second-order valence-corrected chi connectivity index (χ2v) is 8.88. The van der Waals surface area contributed by atoms with Crippen molar-refractivity contribution < 1.29 is 9.90 Å². The van der Waals surface area contributed by atoms with E-state index in [1.54, 1.807) is 4.90 Å². The van der Waals surface area contributed by atoms with E-state index in [1.807, 2.05) is 18.2 Å². The molecule has 2 aromatic heterocycles. The third kappa shape index (κ3) is 3.25. The number of hydrogen-bond acceptors (Lipinski definition) is 3. The summed E-state index contributed by atoms with van der Waals surface area (Å²) in [5.74, 6) is 0.501. The highest BCUT2D eigenvalue weighted by molar-refractivity contribution is 5.68. The molecule has 2 saturated heterocycles. The van der Waals surface area contributed by atoms with E-state index in [0.717, 1.165) is 49.4 Å². The van der Waals surface area contributed by atoms with Crippen LogP contribution in [0.25, 0.3) is 16.9 Å². The van der Waals surface area contributed by atoms with Gasteiger partial charge in [-0.25, -0.2) is 9.78 Å². The maximum absolute atomic E-state index is 11.6. The first-order valence-electron chi connectivity index (χ1n) is 10.8. The lowest BCUT2D eigenvalue weighted by atomic mass is 10.0. The Morgan fingerprint density at radius 2 is 1.80 bits per heavy atom. The van der Waals surface area contributed by atoms with E-state index < -0.39 is 6.09 Å². The van der Waals surface area contributed by atoms with Gasteiger partial charge in [-0.05, 0) is 36.5 Å². The average Bonchev–Trinajstić information content (AvgIpc) is 3.23. The fraction of sp³-hybridized carbons (Fsp3) is 0.417. The van der Waals surface area contributed by atoms with E-state index >= 15 is 0 Å². The molecule has 1 N–H and O–H groups in total. The van der Waals surface area contributed by atoms with Crippen LogP contribution >= 0.6 is 0 Å². The Labute approximate surface area is 176 Å². The summed E-state index contributed by atoms with van der Waals surface area (Å²) < 4.78 is 2.18. The number of carbonyl (C=O) groups is 1. The van der Waals surface area contributed by atoms with E-state index in [1.165, 1.54) is 11.3 Å². The quantitative estimate of drug-likeness (QED) is 0.698. The molecule has 0 saturated carbocycles. The molecular formula is C24H28N4O2. The van der Waals surface area contributed by atoms with Crippen molar-refractivity contribution in [2.45, 2.75) is 51.2 Å². The number of fused-ring (bicyclic) bond motifs is 3. The van der Waals surface area contributed by atoms with Gasteiger partial charge in [0.05, 0.1) is 11.4 Å². The normalized spacial score (nSPS) is 21.6. The molecule has 4 heterocycles. The van der Waals surface area contributed by atoms with Crippen LogP contribution in [-0.2, 0) is 6.54 Å². The minimum Gasteiger partial charge on any atom is -0.465 e. The molecule has 5 rings (SSSR count). The zero-order valence-electron chi connectivity index (χ0n) is 17.5. The zero-order chi connectivity index (χ0) is 20.8. The number of pyridine rings is 1. The number of amides is 1. The van der Waals surface area contributed by atoms with Gasteiger partial charge in [0.2, 0.25) is 0 Å². The molecule has 2 fully saturated rings. The first kappa shape index (κ1) is 19.1. The molecule has 0 radical (unpaired) electrons. The van der Waals surface area contributed by atoms with Crippen molar-refractivity contribution in [2.75, 3.05) is 13.1 Å². The molecular weight excluding hydrogens is 376 g/mol. The van der Waals surface area contributed by atoms with Crippen LogP contribution in [0, 0.1) is 0 Å². The molecule has 3 aromatic rings. The fourth-order valence-corrected chi connectivity index (χ4v) is 5.10. The van der Waals surface area contributed by atoms with Crippen molar-refractivity contribution in [3.05, 3.63) is 59.9 Å². The van der Waals surface area contributed by atoms with Gasteiger partial charge in [0.25, 0.3) is 0 Å². The number of benzene rings is 1. The highest BCUT2D eigenvalue weighted by atomic mass is 16.4. The molecule has 0 aliphatic carbocycles. The monoisotopic (exact) mass is 404 g/mol. The van der Waals surface area contributed by atoms with Crippen molar-refractivity contribution in [3.63, 3.8) is 0 Å². The molecule has 6 heteroatoms. The molecule has 0 spiro atoms.